The van der Waals surface area contributed by atoms with Crippen LogP contribution in [0.15, 0.2) is 191 Å². The van der Waals surface area contributed by atoms with Crippen molar-refractivity contribution in [3.63, 3.8) is 0 Å². The van der Waals surface area contributed by atoms with Crippen molar-refractivity contribution in [3.05, 3.63) is 214 Å². The Morgan fingerprint density at radius 3 is 1.31 bits per heavy atom. The number of sulfone groups is 1. The minimum atomic E-state index is -3.70. The Labute approximate surface area is 389 Å². The van der Waals surface area contributed by atoms with Crippen molar-refractivity contribution in [2.75, 3.05) is 13.2 Å². The van der Waals surface area contributed by atoms with E-state index in [-0.39, 0.29) is 45.7 Å². The predicted molar refractivity (Wildman–Crippen MR) is 262 cm³/mol. The van der Waals surface area contributed by atoms with Crippen LogP contribution in [0.3, 0.4) is 0 Å². The molecule has 0 aliphatic heterocycles. The first-order chi connectivity index (χ1) is 32.6. The smallest absolute Gasteiger partial charge is 0.206 e. The van der Waals surface area contributed by atoms with Gasteiger partial charge in [-0.25, -0.2) is 8.42 Å². The van der Waals surface area contributed by atoms with E-state index in [0.717, 1.165) is 56.8 Å². The van der Waals surface area contributed by atoms with Crippen LogP contribution >= 0.6 is 0 Å². The number of aromatic hydroxyl groups is 2. The number of carbonyl (C=O) groups is 2. The molecule has 8 aromatic rings. The normalized spacial score (nSPS) is 15.0. The fourth-order valence-electron chi connectivity index (χ4n) is 9.77. The van der Waals surface area contributed by atoms with E-state index in [4.69, 9.17) is 9.47 Å². The van der Waals surface area contributed by atoms with Crippen molar-refractivity contribution in [3.8, 4) is 23.0 Å². The maximum atomic E-state index is 13.1. The first kappa shape index (κ1) is 43.2. The summed E-state index contributed by atoms with van der Waals surface area (Å²) >= 11 is 0. The minimum Gasteiger partial charge on any atom is -0.508 e. The van der Waals surface area contributed by atoms with Gasteiger partial charge in [-0.1, -0.05) is 116 Å². The van der Waals surface area contributed by atoms with Crippen LogP contribution in [0.25, 0.3) is 33.7 Å². The molecule has 1 fully saturated rings. The Morgan fingerprint density at radius 2 is 0.851 bits per heavy atom. The number of Topliss-reactive ketones (excluding diaryl/α,β-unsaturated/α-hetero) is 2. The van der Waals surface area contributed by atoms with E-state index in [1.165, 1.54) is 66.8 Å². The Balaban J connectivity index is 0.000000157. The molecule has 0 amide bonds. The van der Waals surface area contributed by atoms with Gasteiger partial charge in [0, 0.05) is 38.5 Å². The molecule has 0 atom stereocenters. The van der Waals surface area contributed by atoms with Crippen molar-refractivity contribution in [2.24, 2.45) is 0 Å². The maximum absolute atomic E-state index is 13.1. The van der Waals surface area contributed by atoms with Gasteiger partial charge in [0.25, 0.3) is 0 Å². The lowest BCUT2D eigenvalue weighted by Crippen LogP contribution is -2.30. The number of phenolic OH excluding ortho intramolecular Hbond substituents is 2. The van der Waals surface area contributed by atoms with Crippen molar-refractivity contribution < 1.29 is 37.7 Å². The summed E-state index contributed by atoms with van der Waals surface area (Å²) in [5, 5.41) is 23.2. The zero-order valence-corrected chi connectivity index (χ0v) is 37.3. The second kappa shape index (κ2) is 17.9. The average molecular weight is 903 g/mol. The lowest BCUT2D eigenvalue weighted by molar-refractivity contribution is 0.101. The van der Waals surface area contributed by atoms with Crippen molar-refractivity contribution >= 4 is 55.1 Å². The summed E-state index contributed by atoms with van der Waals surface area (Å²) in [7, 11) is -3.70. The van der Waals surface area contributed by atoms with E-state index >= 15 is 0 Å². The van der Waals surface area contributed by atoms with Gasteiger partial charge in [-0.2, -0.15) is 0 Å². The summed E-state index contributed by atoms with van der Waals surface area (Å²) in [5.74, 6) is 1.49. The monoisotopic (exact) mass is 902 g/mol. The summed E-state index contributed by atoms with van der Waals surface area (Å²) in [5.41, 5.74) is 7.18. The van der Waals surface area contributed by atoms with Gasteiger partial charge in [-0.15, -0.1) is 0 Å². The third-order valence-corrected chi connectivity index (χ3v) is 15.0. The van der Waals surface area contributed by atoms with Crippen LogP contribution in [0.1, 0.15) is 75.1 Å². The molecule has 0 radical (unpaired) electrons. The van der Waals surface area contributed by atoms with Gasteiger partial charge >= 0.3 is 0 Å². The molecule has 1 saturated carbocycles. The highest BCUT2D eigenvalue weighted by Gasteiger charge is 2.36. The van der Waals surface area contributed by atoms with Crippen molar-refractivity contribution in [1.82, 2.24) is 0 Å². The van der Waals surface area contributed by atoms with Crippen LogP contribution in [0.4, 0.5) is 0 Å². The first-order valence-electron chi connectivity index (χ1n) is 22.4. The quantitative estimate of drug-likeness (QED) is 0.139. The van der Waals surface area contributed by atoms with Gasteiger partial charge in [0.15, 0.2) is 11.6 Å². The summed E-state index contributed by atoms with van der Waals surface area (Å²) in [6.45, 7) is 0.319. The average Bonchev–Trinajstić information content (AvgIpc) is 3.36. The molecule has 0 bridgehead atoms. The van der Waals surface area contributed by atoms with Crippen LogP contribution in [0, 0.1) is 0 Å². The summed E-state index contributed by atoms with van der Waals surface area (Å²) < 4.78 is 37.4. The zero-order valence-electron chi connectivity index (χ0n) is 36.5. The molecule has 3 aliphatic rings. The molecule has 67 heavy (non-hydrogen) atoms. The highest BCUT2D eigenvalue weighted by molar-refractivity contribution is 7.91. The number of benzene rings is 8. The summed E-state index contributed by atoms with van der Waals surface area (Å²) in [6.07, 6.45) is 9.68. The van der Waals surface area contributed by atoms with Gasteiger partial charge in [-0.05, 0) is 131 Å². The topological polar surface area (TPSA) is 127 Å². The molecule has 0 aromatic heterocycles. The zero-order chi connectivity index (χ0) is 46.1. The third-order valence-electron chi connectivity index (χ3n) is 13.2. The van der Waals surface area contributed by atoms with Crippen LogP contribution in [-0.2, 0) is 15.3 Å². The molecule has 8 aromatic carbocycles. The lowest BCUT2D eigenvalue weighted by atomic mass is 9.65. The predicted octanol–water partition coefficient (Wildman–Crippen LogP) is 12.5. The maximum Gasteiger partial charge on any atom is 0.206 e. The molecule has 332 valence electrons. The van der Waals surface area contributed by atoms with Gasteiger partial charge in [-0.3, -0.25) is 9.59 Å². The van der Waals surface area contributed by atoms with Crippen LogP contribution in [-0.4, -0.2) is 43.4 Å². The van der Waals surface area contributed by atoms with E-state index in [9.17, 15) is 28.2 Å². The molecule has 2 N–H and O–H groups in total. The number of ether oxygens (including phenoxy) is 2. The molecule has 0 spiro atoms. The molecule has 3 aliphatic carbocycles. The van der Waals surface area contributed by atoms with E-state index < -0.39 is 9.84 Å². The van der Waals surface area contributed by atoms with Crippen LogP contribution < -0.4 is 9.47 Å². The van der Waals surface area contributed by atoms with Gasteiger partial charge in [0.2, 0.25) is 9.84 Å². The van der Waals surface area contributed by atoms with Gasteiger partial charge < -0.3 is 19.7 Å². The van der Waals surface area contributed by atoms with E-state index in [1.807, 2.05) is 91.0 Å². The van der Waals surface area contributed by atoms with Gasteiger partial charge in [0.05, 0.1) is 9.79 Å². The number of hydrogen-bond acceptors (Lipinski definition) is 8. The van der Waals surface area contributed by atoms with Gasteiger partial charge in [0.1, 0.15) is 36.2 Å². The van der Waals surface area contributed by atoms with Crippen molar-refractivity contribution in [2.45, 2.75) is 47.3 Å². The number of carbonyl (C=O) groups excluding carboxylic acids is 2. The minimum absolute atomic E-state index is 0.00174. The largest absolute Gasteiger partial charge is 0.508 e. The SMILES string of the molecule is O=C1C(COc2ccc(C3(c4ccc(O)cc4)CCCCC3)cc2)=Cc2cccc3cccc1c23.O=C1C(COc2ccc(S(=O)(=O)c3ccc(O)cc3)cc2)=Cc2cccc3cccc1c23. The van der Waals surface area contributed by atoms with Crippen LogP contribution in [0.5, 0.6) is 23.0 Å². The fourth-order valence-corrected chi connectivity index (χ4v) is 11.0. The molecule has 0 heterocycles. The standard InChI is InChI=1S/C32H28O3.C26H18O5S/c33-27-14-10-25(11-15-27)32(18-2-1-3-19-32)26-12-16-28(17-13-26)35-21-24-20-23-8-4-6-22-7-5-9-29(30(22)23)31(24)34;27-20-7-11-22(12-8-20)32(29,30)23-13-9-21(10-14-23)31-16-19-15-18-5-1-3-17-4-2-6-24(25(17)18)26(19)28/h4-17,20,33H,1-3,18-19,21H2;1-15,27H,16H2. The third kappa shape index (κ3) is 8.39. The highest BCUT2D eigenvalue weighted by Crippen LogP contribution is 2.46. The van der Waals surface area contributed by atoms with E-state index in [1.54, 1.807) is 24.3 Å². The summed E-state index contributed by atoms with van der Waals surface area (Å²) in [4.78, 5) is 26.3. The number of rotatable bonds is 10. The fraction of sp³-hybridized carbons (Fsp3) is 0.138. The molecule has 0 unspecified atom stereocenters. The second-order valence-corrected chi connectivity index (χ2v) is 19.2. The summed E-state index contributed by atoms with van der Waals surface area (Å²) in [6, 6.07) is 51.1. The first-order valence-corrected chi connectivity index (χ1v) is 23.9. The molecule has 9 heteroatoms. The number of hydrogen-bond donors (Lipinski definition) is 2. The number of ketones is 2. The molecular weight excluding hydrogens is 857 g/mol. The second-order valence-electron chi connectivity index (χ2n) is 17.3. The highest BCUT2D eigenvalue weighted by atomic mass is 32.2. The molecule has 0 saturated heterocycles. The molecule has 11 rings (SSSR count). The Hall–Kier alpha value is -7.75. The molecule has 8 nitrogen and oxygen atoms in total. The van der Waals surface area contributed by atoms with Crippen molar-refractivity contribution in [1.29, 1.82) is 0 Å². The van der Waals surface area contributed by atoms with Crippen LogP contribution in [0.2, 0.25) is 0 Å². The van der Waals surface area contributed by atoms with E-state index in [2.05, 4.69) is 30.3 Å². The Kier molecular flexibility index (Phi) is 11.5. The Morgan fingerprint density at radius 1 is 0.463 bits per heavy atom. The molecular formula is C58H46O8S. The number of phenols is 2. The van der Waals surface area contributed by atoms with E-state index in [0.29, 0.717) is 28.2 Å². The Bertz CT molecular complexity index is 3350. The lowest BCUT2D eigenvalue weighted by Gasteiger charge is -2.38.